The van der Waals surface area contributed by atoms with Crippen molar-refractivity contribution in [2.75, 3.05) is 5.73 Å². The van der Waals surface area contributed by atoms with Gasteiger partial charge in [-0.15, -0.1) is 0 Å². The van der Waals surface area contributed by atoms with E-state index in [0.717, 1.165) is 21.6 Å². The molecule has 0 spiro atoms. The minimum absolute atomic E-state index is 0.352. The fourth-order valence-corrected chi connectivity index (χ4v) is 2.25. The molecule has 2 aromatic carbocycles. The molecular formula is C17H14BrNO2. The molecule has 0 radical (unpaired) electrons. The molecule has 3 aromatic rings. The van der Waals surface area contributed by atoms with Crippen LogP contribution in [0, 0.1) is 0 Å². The predicted octanol–water partition coefficient (Wildman–Crippen LogP) is 4.87. The molecule has 3 nitrogen and oxygen atoms in total. The van der Waals surface area contributed by atoms with Gasteiger partial charge >= 0.3 is 0 Å². The van der Waals surface area contributed by atoms with Crippen molar-refractivity contribution in [2.24, 2.45) is 0 Å². The van der Waals surface area contributed by atoms with E-state index in [4.69, 9.17) is 14.9 Å². The molecule has 3 rings (SSSR count). The number of para-hydroxylation sites is 2. The minimum atomic E-state index is 0.352. The highest BCUT2D eigenvalue weighted by Crippen LogP contribution is 2.26. The van der Waals surface area contributed by atoms with Crippen molar-refractivity contribution in [1.29, 1.82) is 0 Å². The van der Waals surface area contributed by atoms with Gasteiger partial charge in [0.05, 0.1) is 5.69 Å². The molecule has 0 saturated heterocycles. The number of hydrogen-bond acceptors (Lipinski definition) is 3. The van der Waals surface area contributed by atoms with Crippen molar-refractivity contribution < 1.29 is 9.15 Å². The molecule has 1 heterocycles. The van der Waals surface area contributed by atoms with Gasteiger partial charge in [0.25, 0.3) is 0 Å². The van der Waals surface area contributed by atoms with Gasteiger partial charge in [-0.05, 0) is 36.4 Å². The topological polar surface area (TPSA) is 48.4 Å². The van der Waals surface area contributed by atoms with Crippen LogP contribution in [0.5, 0.6) is 5.75 Å². The highest BCUT2D eigenvalue weighted by Gasteiger charge is 2.06. The van der Waals surface area contributed by atoms with E-state index in [-0.39, 0.29) is 0 Å². The smallest absolute Gasteiger partial charge is 0.146 e. The third kappa shape index (κ3) is 3.28. The minimum Gasteiger partial charge on any atom is -0.483 e. The Hall–Kier alpha value is -2.20. The first-order chi connectivity index (χ1) is 10.2. The number of anilines is 1. The Balaban J connectivity index is 1.71. The number of hydrogen-bond donors (Lipinski definition) is 1. The molecule has 1 aromatic heterocycles. The monoisotopic (exact) mass is 343 g/mol. The third-order valence-electron chi connectivity index (χ3n) is 3.08. The van der Waals surface area contributed by atoms with E-state index in [0.29, 0.717) is 18.0 Å². The second kappa shape index (κ2) is 6.06. The van der Waals surface area contributed by atoms with E-state index in [2.05, 4.69) is 15.9 Å². The van der Waals surface area contributed by atoms with Crippen LogP contribution in [-0.2, 0) is 6.61 Å². The van der Waals surface area contributed by atoms with Crippen LogP contribution in [0.2, 0.25) is 0 Å². The molecule has 0 unspecified atom stereocenters. The molecule has 106 valence electrons. The molecule has 0 atom stereocenters. The van der Waals surface area contributed by atoms with Gasteiger partial charge in [0.2, 0.25) is 0 Å². The number of benzene rings is 2. The summed E-state index contributed by atoms with van der Waals surface area (Å²) in [5.41, 5.74) is 7.49. The lowest BCUT2D eigenvalue weighted by Gasteiger charge is -2.06. The van der Waals surface area contributed by atoms with Crippen molar-refractivity contribution in [3.05, 3.63) is 70.9 Å². The third-order valence-corrected chi connectivity index (χ3v) is 3.61. The fraction of sp³-hybridized carbons (Fsp3) is 0.0588. The lowest BCUT2D eigenvalue weighted by atomic mass is 10.2. The largest absolute Gasteiger partial charge is 0.483 e. The van der Waals surface area contributed by atoms with Crippen LogP contribution in [0.1, 0.15) is 5.76 Å². The summed E-state index contributed by atoms with van der Waals surface area (Å²) in [5.74, 6) is 2.25. The summed E-state index contributed by atoms with van der Waals surface area (Å²) < 4.78 is 12.5. The Morgan fingerprint density at radius 3 is 2.48 bits per heavy atom. The average molecular weight is 344 g/mol. The number of rotatable bonds is 4. The maximum absolute atomic E-state index is 5.84. The summed E-state index contributed by atoms with van der Waals surface area (Å²) in [5, 5.41) is 0. The fourth-order valence-electron chi connectivity index (χ4n) is 1.99. The van der Waals surface area contributed by atoms with Gasteiger partial charge in [-0.2, -0.15) is 0 Å². The van der Waals surface area contributed by atoms with Crippen LogP contribution in [0.15, 0.2) is 69.6 Å². The van der Waals surface area contributed by atoms with Crippen LogP contribution in [0.3, 0.4) is 0 Å². The van der Waals surface area contributed by atoms with Gasteiger partial charge in [-0.3, -0.25) is 0 Å². The van der Waals surface area contributed by atoms with Crippen LogP contribution in [0.25, 0.3) is 11.3 Å². The summed E-state index contributed by atoms with van der Waals surface area (Å²) >= 11 is 3.42. The molecule has 21 heavy (non-hydrogen) atoms. The molecule has 0 fully saturated rings. The maximum atomic E-state index is 5.84. The van der Waals surface area contributed by atoms with E-state index in [1.54, 1.807) is 0 Å². The summed E-state index contributed by atoms with van der Waals surface area (Å²) in [6.07, 6.45) is 0. The zero-order chi connectivity index (χ0) is 14.7. The highest BCUT2D eigenvalue weighted by molar-refractivity contribution is 9.10. The van der Waals surface area contributed by atoms with Gasteiger partial charge < -0.3 is 14.9 Å². The number of ether oxygens (including phenoxy) is 1. The summed E-state index contributed by atoms with van der Waals surface area (Å²) in [4.78, 5) is 0. The first-order valence-electron chi connectivity index (χ1n) is 6.54. The van der Waals surface area contributed by atoms with Crippen molar-refractivity contribution in [3.63, 3.8) is 0 Å². The quantitative estimate of drug-likeness (QED) is 0.687. The predicted molar refractivity (Wildman–Crippen MR) is 87.0 cm³/mol. The number of nitrogen functional groups attached to an aromatic ring is 1. The maximum Gasteiger partial charge on any atom is 0.146 e. The molecule has 0 bridgehead atoms. The van der Waals surface area contributed by atoms with E-state index in [1.165, 1.54) is 0 Å². The Morgan fingerprint density at radius 2 is 1.71 bits per heavy atom. The van der Waals surface area contributed by atoms with Crippen LogP contribution in [0.4, 0.5) is 5.69 Å². The normalized spacial score (nSPS) is 10.5. The second-order valence-corrected chi connectivity index (χ2v) is 5.52. The summed E-state index contributed by atoms with van der Waals surface area (Å²) in [7, 11) is 0. The molecule has 0 aliphatic rings. The Bertz CT molecular complexity index is 735. The van der Waals surface area contributed by atoms with Gasteiger partial charge in [0.1, 0.15) is 23.9 Å². The van der Waals surface area contributed by atoms with E-state index in [9.17, 15) is 0 Å². The molecule has 0 amide bonds. The second-order valence-electron chi connectivity index (χ2n) is 4.60. The Kier molecular flexibility index (Phi) is 3.97. The number of halogens is 1. The van der Waals surface area contributed by atoms with Crippen LogP contribution >= 0.6 is 15.9 Å². The average Bonchev–Trinajstić information content (AvgIpc) is 2.96. The van der Waals surface area contributed by atoms with Gasteiger partial charge in [0, 0.05) is 10.0 Å². The molecule has 0 aliphatic heterocycles. The Labute approximate surface area is 131 Å². The first-order valence-corrected chi connectivity index (χ1v) is 7.33. The van der Waals surface area contributed by atoms with Crippen molar-refractivity contribution in [1.82, 2.24) is 0 Å². The molecular weight excluding hydrogens is 330 g/mol. The number of nitrogens with two attached hydrogens (primary N) is 1. The van der Waals surface area contributed by atoms with E-state index in [1.807, 2.05) is 60.7 Å². The molecule has 2 N–H and O–H groups in total. The van der Waals surface area contributed by atoms with Crippen LogP contribution < -0.4 is 10.5 Å². The SMILES string of the molecule is Nc1ccccc1OCc1ccc(-c2ccc(Br)cc2)o1. The van der Waals surface area contributed by atoms with Gasteiger partial charge in [0.15, 0.2) is 0 Å². The number of furan rings is 1. The van der Waals surface area contributed by atoms with Crippen molar-refractivity contribution in [3.8, 4) is 17.1 Å². The lowest BCUT2D eigenvalue weighted by molar-refractivity contribution is 0.273. The molecule has 4 heteroatoms. The first kappa shape index (κ1) is 13.8. The standard InChI is InChI=1S/C17H14BrNO2/c18-13-7-5-12(6-8-13)16-10-9-14(21-16)11-20-17-4-2-1-3-15(17)19/h1-10H,11,19H2. The summed E-state index contributed by atoms with van der Waals surface area (Å²) in [6.45, 7) is 0.352. The van der Waals surface area contributed by atoms with Gasteiger partial charge in [-0.25, -0.2) is 0 Å². The lowest BCUT2D eigenvalue weighted by Crippen LogP contribution is -1.97. The van der Waals surface area contributed by atoms with E-state index >= 15 is 0 Å². The summed E-state index contributed by atoms with van der Waals surface area (Å²) in [6, 6.07) is 19.2. The van der Waals surface area contributed by atoms with Crippen LogP contribution in [-0.4, -0.2) is 0 Å². The zero-order valence-corrected chi connectivity index (χ0v) is 12.8. The van der Waals surface area contributed by atoms with Crippen molar-refractivity contribution in [2.45, 2.75) is 6.61 Å². The Morgan fingerprint density at radius 1 is 0.952 bits per heavy atom. The molecule has 0 aliphatic carbocycles. The zero-order valence-electron chi connectivity index (χ0n) is 11.3. The molecule has 0 saturated carbocycles. The van der Waals surface area contributed by atoms with E-state index < -0.39 is 0 Å². The van der Waals surface area contributed by atoms with Gasteiger partial charge in [-0.1, -0.05) is 40.2 Å². The van der Waals surface area contributed by atoms with Crippen molar-refractivity contribution >= 4 is 21.6 Å². The highest BCUT2D eigenvalue weighted by atomic mass is 79.9.